The van der Waals surface area contributed by atoms with Gasteiger partial charge in [0.2, 0.25) is 0 Å². The molecular formula is C18H20N2O6. The van der Waals surface area contributed by atoms with Gasteiger partial charge >= 0.3 is 0 Å². The van der Waals surface area contributed by atoms with Gasteiger partial charge in [0.15, 0.2) is 0 Å². The molecule has 0 spiro atoms. The second-order valence-electron chi connectivity index (χ2n) is 6.75. The summed E-state index contributed by atoms with van der Waals surface area (Å²) in [6.07, 6.45) is 1.85. The van der Waals surface area contributed by atoms with Crippen LogP contribution in [0.1, 0.15) is 25.5 Å². The molecular weight excluding hydrogens is 340 g/mol. The van der Waals surface area contributed by atoms with Crippen molar-refractivity contribution in [2.75, 3.05) is 13.2 Å². The van der Waals surface area contributed by atoms with Gasteiger partial charge in [-0.25, -0.2) is 0 Å². The molecule has 0 saturated carbocycles. The minimum atomic E-state index is -1.08. The van der Waals surface area contributed by atoms with Gasteiger partial charge in [0.05, 0.1) is 17.5 Å². The number of aliphatic hydroxyl groups excluding tert-OH is 1. The van der Waals surface area contributed by atoms with E-state index in [9.17, 15) is 20.0 Å². The van der Waals surface area contributed by atoms with Crippen molar-refractivity contribution in [1.29, 1.82) is 0 Å². The second kappa shape index (κ2) is 6.45. The molecule has 0 aromatic heterocycles. The Morgan fingerprint density at radius 3 is 2.92 bits per heavy atom. The molecule has 0 bridgehead atoms. The predicted molar refractivity (Wildman–Crippen MR) is 92.5 cm³/mol. The number of ether oxygens (including phenoxy) is 2. The van der Waals surface area contributed by atoms with Crippen LogP contribution in [-0.2, 0) is 9.53 Å². The third kappa shape index (κ3) is 3.03. The van der Waals surface area contributed by atoms with Crippen LogP contribution in [0.5, 0.6) is 5.75 Å². The molecule has 0 saturated heterocycles. The van der Waals surface area contributed by atoms with E-state index in [-0.39, 0.29) is 24.7 Å². The number of nitro groups is 1. The van der Waals surface area contributed by atoms with Crippen molar-refractivity contribution in [3.8, 4) is 5.75 Å². The van der Waals surface area contributed by atoms with Gasteiger partial charge in [-0.3, -0.25) is 14.9 Å². The Labute approximate surface area is 150 Å². The zero-order chi connectivity index (χ0) is 19.1. The second-order valence-corrected chi connectivity index (χ2v) is 6.75. The van der Waals surface area contributed by atoms with Crippen LogP contribution in [0.2, 0.25) is 0 Å². The van der Waals surface area contributed by atoms with E-state index < -0.39 is 22.7 Å². The van der Waals surface area contributed by atoms with Crippen molar-refractivity contribution in [3.63, 3.8) is 0 Å². The molecule has 2 aliphatic heterocycles. The minimum Gasteiger partial charge on any atom is -0.492 e. The summed E-state index contributed by atoms with van der Waals surface area (Å²) in [5, 5.41) is 22.0. The van der Waals surface area contributed by atoms with Gasteiger partial charge in [-0.15, -0.1) is 0 Å². The van der Waals surface area contributed by atoms with Gasteiger partial charge < -0.3 is 19.5 Å². The first-order chi connectivity index (χ1) is 12.2. The molecule has 0 radical (unpaired) electrons. The Kier molecular flexibility index (Phi) is 4.45. The van der Waals surface area contributed by atoms with E-state index >= 15 is 0 Å². The number of carbonyl (C=O) groups excluding carboxylic acids is 1. The predicted octanol–water partition coefficient (Wildman–Crippen LogP) is 2.10. The number of nitrogens with zero attached hydrogens (tertiary/aromatic N) is 2. The van der Waals surface area contributed by atoms with E-state index in [1.165, 1.54) is 29.2 Å². The molecule has 1 aromatic carbocycles. The lowest BCUT2D eigenvalue weighted by Gasteiger charge is -2.45. The van der Waals surface area contributed by atoms with Gasteiger partial charge in [-0.05, 0) is 19.9 Å². The van der Waals surface area contributed by atoms with Crippen LogP contribution in [-0.4, -0.2) is 45.7 Å². The summed E-state index contributed by atoms with van der Waals surface area (Å²) in [6, 6.07) is 3.39. The van der Waals surface area contributed by atoms with E-state index in [0.29, 0.717) is 17.1 Å². The van der Waals surface area contributed by atoms with Crippen LogP contribution in [0.25, 0.3) is 0 Å². The molecule has 8 heteroatoms. The molecule has 0 aliphatic carbocycles. The Balaban J connectivity index is 2.00. The smallest absolute Gasteiger partial charge is 0.270 e. The highest BCUT2D eigenvalue weighted by Crippen LogP contribution is 2.45. The van der Waals surface area contributed by atoms with Crippen molar-refractivity contribution < 1.29 is 24.3 Å². The number of fused-ring (bicyclic) bond motifs is 1. The molecule has 1 aromatic rings. The highest BCUT2D eigenvalue weighted by atomic mass is 16.6. The van der Waals surface area contributed by atoms with Crippen molar-refractivity contribution in [2.24, 2.45) is 0 Å². The number of rotatable bonds is 5. The van der Waals surface area contributed by atoms with E-state index in [0.717, 1.165) is 0 Å². The van der Waals surface area contributed by atoms with E-state index in [4.69, 9.17) is 9.47 Å². The zero-order valence-corrected chi connectivity index (χ0v) is 14.5. The Morgan fingerprint density at radius 2 is 2.27 bits per heavy atom. The van der Waals surface area contributed by atoms with E-state index in [2.05, 4.69) is 6.58 Å². The van der Waals surface area contributed by atoms with Gasteiger partial charge in [-0.2, -0.15) is 0 Å². The number of nitro benzene ring substituents is 1. The SMILES string of the molecule is C=CCOC1=CC(=O)N([C@@H]2c3cc([N+](=O)[O-])ccc3OC(C)(C)[C@H]2O)C1. The fraction of sp³-hybridized carbons (Fsp3) is 0.389. The van der Waals surface area contributed by atoms with E-state index in [1.807, 2.05) is 0 Å². The molecule has 26 heavy (non-hydrogen) atoms. The molecule has 2 aliphatic rings. The van der Waals surface area contributed by atoms with Crippen molar-refractivity contribution in [1.82, 2.24) is 4.90 Å². The highest BCUT2D eigenvalue weighted by molar-refractivity contribution is 5.91. The Bertz CT molecular complexity index is 801. The maximum atomic E-state index is 12.5. The molecule has 1 N–H and O–H groups in total. The monoisotopic (exact) mass is 360 g/mol. The fourth-order valence-electron chi connectivity index (χ4n) is 3.21. The quantitative estimate of drug-likeness (QED) is 0.490. The summed E-state index contributed by atoms with van der Waals surface area (Å²) in [4.78, 5) is 24.5. The fourth-order valence-corrected chi connectivity index (χ4v) is 3.21. The largest absolute Gasteiger partial charge is 0.492 e. The number of benzene rings is 1. The Morgan fingerprint density at radius 1 is 1.54 bits per heavy atom. The first-order valence-electron chi connectivity index (χ1n) is 8.15. The summed E-state index contributed by atoms with van der Waals surface area (Å²) < 4.78 is 11.3. The number of amides is 1. The lowest BCUT2D eigenvalue weighted by atomic mass is 9.85. The average molecular weight is 360 g/mol. The van der Waals surface area contributed by atoms with Crippen LogP contribution in [0, 0.1) is 10.1 Å². The number of non-ortho nitro benzene ring substituents is 1. The van der Waals surface area contributed by atoms with Gasteiger partial charge in [-0.1, -0.05) is 12.7 Å². The number of aliphatic hydroxyl groups is 1. The topological polar surface area (TPSA) is 102 Å². The molecule has 2 atom stereocenters. The summed E-state index contributed by atoms with van der Waals surface area (Å²) in [6.45, 7) is 7.40. The van der Waals surface area contributed by atoms with Gasteiger partial charge in [0.25, 0.3) is 11.6 Å². The summed E-state index contributed by atoms with van der Waals surface area (Å²) in [7, 11) is 0. The van der Waals surface area contributed by atoms with Crippen LogP contribution in [0.3, 0.4) is 0 Å². The molecule has 8 nitrogen and oxygen atoms in total. The van der Waals surface area contributed by atoms with Crippen molar-refractivity contribution in [2.45, 2.75) is 31.6 Å². The van der Waals surface area contributed by atoms with Crippen molar-refractivity contribution >= 4 is 11.6 Å². The average Bonchev–Trinajstić information content (AvgIpc) is 2.94. The van der Waals surface area contributed by atoms with Gasteiger partial charge in [0, 0.05) is 23.8 Å². The third-order valence-electron chi connectivity index (χ3n) is 4.52. The van der Waals surface area contributed by atoms with Crippen LogP contribution >= 0.6 is 0 Å². The lowest BCUT2D eigenvalue weighted by Crippen LogP contribution is -2.54. The number of hydrogen-bond acceptors (Lipinski definition) is 6. The first-order valence-corrected chi connectivity index (χ1v) is 8.15. The number of carbonyl (C=O) groups is 1. The molecule has 0 unspecified atom stereocenters. The zero-order valence-electron chi connectivity index (χ0n) is 14.5. The number of hydrogen-bond donors (Lipinski definition) is 1. The third-order valence-corrected chi connectivity index (χ3v) is 4.52. The molecule has 1 amide bonds. The molecule has 0 fully saturated rings. The van der Waals surface area contributed by atoms with Crippen LogP contribution in [0.15, 0.2) is 42.7 Å². The minimum absolute atomic E-state index is 0.132. The summed E-state index contributed by atoms with van der Waals surface area (Å²) in [5.74, 6) is 0.533. The van der Waals surface area contributed by atoms with Crippen LogP contribution < -0.4 is 4.74 Å². The molecule has 138 valence electrons. The normalized spacial score (nSPS) is 23.7. The van der Waals surface area contributed by atoms with Gasteiger partial charge in [0.1, 0.15) is 29.8 Å². The lowest BCUT2D eigenvalue weighted by molar-refractivity contribution is -0.385. The highest BCUT2D eigenvalue weighted by Gasteiger charge is 2.48. The molecule has 2 heterocycles. The summed E-state index contributed by atoms with van der Waals surface area (Å²) in [5.41, 5.74) is -0.705. The first kappa shape index (κ1) is 17.9. The maximum Gasteiger partial charge on any atom is 0.270 e. The standard InChI is InChI=1S/C18H20N2O6/c1-4-7-25-12-9-15(21)19(10-12)16-13-8-11(20(23)24)5-6-14(13)26-18(2,3)17(16)22/h4-6,8-9,16-17,22H,1,7,10H2,2-3H3/t16-,17+/m1/s1. The van der Waals surface area contributed by atoms with Crippen molar-refractivity contribution in [3.05, 3.63) is 58.4 Å². The molecule has 3 rings (SSSR count). The Hall–Kier alpha value is -2.87. The summed E-state index contributed by atoms with van der Waals surface area (Å²) >= 11 is 0. The van der Waals surface area contributed by atoms with E-state index in [1.54, 1.807) is 19.9 Å². The maximum absolute atomic E-state index is 12.5. The van der Waals surface area contributed by atoms with Crippen LogP contribution in [0.4, 0.5) is 5.69 Å².